The zero-order chi connectivity index (χ0) is 18.2. The van der Waals surface area contributed by atoms with E-state index >= 15 is 0 Å². The van der Waals surface area contributed by atoms with Gasteiger partial charge in [-0.3, -0.25) is 9.59 Å². The van der Waals surface area contributed by atoms with E-state index in [2.05, 4.69) is 10.6 Å². The Kier molecular flexibility index (Phi) is 6.22. The van der Waals surface area contributed by atoms with Crippen molar-refractivity contribution in [3.8, 4) is 5.75 Å². The summed E-state index contributed by atoms with van der Waals surface area (Å²) in [7, 11) is 0. The van der Waals surface area contributed by atoms with Crippen molar-refractivity contribution in [2.75, 3.05) is 25.1 Å². The molecule has 2 amide bonds. The molecule has 1 atom stereocenters. The number of hydrogen-bond acceptors (Lipinski definition) is 4. The van der Waals surface area contributed by atoms with Crippen molar-refractivity contribution in [1.82, 2.24) is 5.32 Å². The summed E-state index contributed by atoms with van der Waals surface area (Å²) in [6, 6.07) is 15.9. The number of hydrogen-bond donors (Lipinski definition) is 2. The number of nitrogens with one attached hydrogen (secondary N) is 2. The second-order valence-electron chi connectivity index (χ2n) is 6.07. The van der Waals surface area contributed by atoms with Crippen LogP contribution in [0.15, 0.2) is 54.6 Å². The van der Waals surface area contributed by atoms with Crippen LogP contribution in [0.5, 0.6) is 5.75 Å². The van der Waals surface area contributed by atoms with E-state index in [9.17, 15) is 9.59 Å². The minimum absolute atomic E-state index is 0.102. The Morgan fingerprint density at radius 2 is 1.96 bits per heavy atom. The van der Waals surface area contributed by atoms with E-state index in [1.165, 1.54) is 0 Å². The average Bonchev–Trinajstić information content (AvgIpc) is 3.19. The standard InChI is InChI=1S/C20H22N2O4/c23-19(13-21-20(24)15-6-2-1-3-7-15)22-16-8-4-9-17(12-16)26-14-18-10-5-11-25-18/h1-4,6-9,12,18H,5,10-11,13-14H2,(H,21,24)(H,22,23)/t18-/m0/s1. The van der Waals surface area contributed by atoms with E-state index < -0.39 is 0 Å². The van der Waals surface area contributed by atoms with Crippen LogP contribution in [0, 0.1) is 0 Å². The van der Waals surface area contributed by atoms with Crippen molar-refractivity contribution >= 4 is 17.5 Å². The van der Waals surface area contributed by atoms with Crippen LogP contribution in [-0.2, 0) is 9.53 Å². The van der Waals surface area contributed by atoms with E-state index in [0.717, 1.165) is 19.4 Å². The molecule has 0 unspecified atom stereocenters. The molecule has 0 bridgehead atoms. The molecule has 2 aromatic rings. The lowest BCUT2D eigenvalue weighted by atomic mass is 10.2. The topological polar surface area (TPSA) is 76.7 Å². The van der Waals surface area contributed by atoms with Crippen LogP contribution in [0.3, 0.4) is 0 Å². The lowest BCUT2D eigenvalue weighted by Gasteiger charge is -2.12. The molecule has 136 valence electrons. The molecule has 6 nitrogen and oxygen atoms in total. The number of benzene rings is 2. The summed E-state index contributed by atoms with van der Waals surface area (Å²) in [4.78, 5) is 24.0. The second kappa shape index (κ2) is 9.01. The minimum Gasteiger partial charge on any atom is -0.491 e. The van der Waals surface area contributed by atoms with E-state index in [-0.39, 0.29) is 24.5 Å². The smallest absolute Gasteiger partial charge is 0.251 e. The fraction of sp³-hybridized carbons (Fsp3) is 0.300. The van der Waals surface area contributed by atoms with Gasteiger partial charge in [-0.2, -0.15) is 0 Å². The Bertz CT molecular complexity index is 742. The van der Waals surface area contributed by atoms with Gasteiger partial charge in [0, 0.05) is 23.9 Å². The molecule has 3 rings (SSSR count). The third kappa shape index (κ3) is 5.32. The summed E-state index contributed by atoms with van der Waals surface area (Å²) in [5, 5.41) is 5.35. The number of amides is 2. The molecule has 1 aliphatic rings. The van der Waals surface area contributed by atoms with Crippen molar-refractivity contribution in [2.24, 2.45) is 0 Å². The zero-order valence-electron chi connectivity index (χ0n) is 14.4. The lowest BCUT2D eigenvalue weighted by Crippen LogP contribution is -2.32. The number of ether oxygens (including phenoxy) is 2. The SMILES string of the molecule is O=C(CNC(=O)c1ccccc1)Nc1cccc(OC[C@@H]2CCCO2)c1. The quantitative estimate of drug-likeness (QED) is 0.801. The van der Waals surface area contributed by atoms with E-state index in [0.29, 0.717) is 23.6 Å². The summed E-state index contributed by atoms with van der Waals surface area (Å²) in [6.07, 6.45) is 2.22. The Labute approximate surface area is 152 Å². The molecule has 0 aromatic heterocycles. The molecule has 0 aliphatic carbocycles. The Morgan fingerprint density at radius 1 is 1.12 bits per heavy atom. The molecule has 1 heterocycles. The number of carbonyl (C=O) groups is 2. The van der Waals surface area contributed by atoms with Crippen molar-refractivity contribution in [2.45, 2.75) is 18.9 Å². The van der Waals surface area contributed by atoms with E-state index in [4.69, 9.17) is 9.47 Å². The fourth-order valence-corrected chi connectivity index (χ4v) is 2.69. The number of carbonyl (C=O) groups excluding carboxylic acids is 2. The van der Waals surface area contributed by atoms with Crippen LogP contribution in [0.2, 0.25) is 0 Å². The Hall–Kier alpha value is -2.86. The largest absolute Gasteiger partial charge is 0.491 e. The van der Waals surface area contributed by atoms with Gasteiger partial charge in [0.2, 0.25) is 5.91 Å². The van der Waals surface area contributed by atoms with Gasteiger partial charge in [0.15, 0.2) is 0 Å². The van der Waals surface area contributed by atoms with Crippen molar-refractivity contribution < 1.29 is 19.1 Å². The van der Waals surface area contributed by atoms with Crippen LogP contribution in [0.4, 0.5) is 5.69 Å². The van der Waals surface area contributed by atoms with E-state index in [1.807, 2.05) is 18.2 Å². The summed E-state index contributed by atoms with van der Waals surface area (Å²) in [5.74, 6) is 0.0894. The molecule has 0 radical (unpaired) electrons. The highest BCUT2D eigenvalue weighted by molar-refractivity contribution is 5.99. The molecule has 6 heteroatoms. The molecular formula is C20H22N2O4. The van der Waals surface area contributed by atoms with Gasteiger partial charge in [-0.25, -0.2) is 0 Å². The Balaban J connectivity index is 1.46. The number of rotatable bonds is 7. The van der Waals surface area contributed by atoms with Gasteiger partial charge < -0.3 is 20.1 Å². The van der Waals surface area contributed by atoms with Crippen molar-refractivity contribution in [1.29, 1.82) is 0 Å². The van der Waals surface area contributed by atoms with Crippen LogP contribution in [-0.4, -0.2) is 37.7 Å². The minimum atomic E-state index is -0.300. The van der Waals surface area contributed by atoms with Gasteiger partial charge in [0.25, 0.3) is 5.91 Å². The van der Waals surface area contributed by atoms with Crippen LogP contribution < -0.4 is 15.4 Å². The highest BCUT2D eigenvalue weighted by Crippen LogP contribution is 2.19. The summed E-state index contributed by atoms with van der Waals surface area (Å²) in [6.45, 7) is 1.19. The van der Waals surface area contributed by atoms with Gasteiger partial charge in [-0.05, 0) is 37.1 Å². The van der Waals surface area contributed by atoms with Gasteiger partial charge in [-0.15, -0.1) is 0 Å². The monoisotopic (exact) mass is 354 g/mol. The van der Waals surface area contributed by atoms with Gasteiger partial charge in [0.1, 0.15) is 12.4 Å². The molecule has 1 fully saturated rings. The van der Waals surface area contributed by atoms with E-state index in [1.54, 1.807) is 36.4 Å². The first-order valence-electron chi connectivity index (χ1n) is 8.68. The summed E-state index contributed by atoms with van der Waals surface area (Å²) in [5.41, 5.74) is 1.14. The predicted molar refractivity (Wildman–Crippen MR) is 98.3 cm³/mol. The molecule has 2 N–H and O–H groups in total. The zero-order valence-corrected chi connectivity index (χ0v) is 14.4. The first-order valence-corrected chi connectivity index (χ1v) is 8.68. The lowest BCUT2D eigenvalue weighted by molar-refractivity contribution is -0.115. The van der Waals surface area contributed by atoms with Gasteiger partial charge in [-0.1, -0.05) is 24.3 Å². The molecule has 1 saturated heterocycles. The third-order valence-electron chi connectivity index (χ3n) is 4.02. The van der Waals surface area contributed by atoms with Gasteiger partial charge >= 0.3 is 0 Å². The number of anilines is 1. The van der Waals surface area contributed by atoms with Crippen LogP contribution in [0.1, 0.15) is 23.2 Å². The maximum Gasteiger partial charge on any atom is 0.251 e. The highest BCUT2D eigenvalue weighted by Gasteiger charge is 2.16. The molecule has 0 spiro atoms. The van der Waals surface area contributed by atoms with Crippen molar-refractivity contribution in [3.05, 3.63) is 60.2 Å². The molecule has 26 heavy (non-hydrogen) atoms. The average molecular weight is 354 g/mol. The molecule has 1 aliphatic heterocycles. The van der Waals surface area contributed by atoms with Gasteiger partial charge in [0.05, 0.1) is 12.6 Å². The second-order valence-corrected chi connectivity index (χ2v) is 6.07. The summed E-state index contributed by atoms with van der Waals surface area (Å²) >= 11 is 0. The Morgan fingerprint density at radius 3 is 2.73 bits per heavy atom. The fourth-order valence-electron chi connectivity index (χ4n) is 2.69. The first-order chi connectivity index (χ1) is 12.7. The predicted octanol–water partition coefficient (Wildman–Crippen LogP) is 2.61. The third-order valence-corrected chi connectivity index (χ3v) is 4.02. The molecular weight excluding hydrogens is 332 g/mol. The summed E-state index contributed by atoms with van der Waals surface area (Å²) < 4.78 is 11.2. The molecule has 2 aromatic carbocycles. The van der Waals surface area contributed by atoms with Crippen LogP contribution in [0.25, 0.3) is 0 Å². The maximum atomic E-state index is 12.0. The maximum absolute atomic E-state index is 12.0. The van der Waals surface area contributed by atoms with Crippen molar-refractivity contribution in [3.63, 3.8) is 0 Å². The molecule has 0 saturated carbocycles. The highest BCUT2D eigenvalue weighted by atomic mass is 16.5. The normalized spacial score (nSPS) is 16.1. The first kappa shape index (κ1) is 17.9. The van der Waals surface area contributed by atoms with Crippen LogP contribution >= 0.6 is 0 Å².